The predicted octanol–water partition coefficient (Wildman–Crippen LogP) is 6.47. The number of pyridine rings is 1. The molecule has 3 amide bonds. The smallest absolute Gasteiger partial charge is 0.425 e. The number of carboxylic acids is 1. The van der Waals surface area contributed by atoms with E-state index in [1.807, 2.05) is 0 Å². The molecule has 2 aliphatic rings. The fourth-order valence-electron chi connectivity index (χ4n) is 7.53. The molecule has 286 valence electrons. The number of aliphatic carboxylic acids is 1. The second-order valence-corrected chi connectivity index (χ2v) is 14.1. The van der Waals surface area contributed by atoms with E-state index in [0.717, 1.165) is 34.7 Å². The van der Waals surface area contributed by atoms with Crippen LogP contribution in [0.3, 0.4) is 0 Å². The van der Waals surface area contributed by atoms with Crippen LogP contribution in [-0.4, -0.2) is 74.9 Å². The number of nitrogens with two attached hydrogens (primary N) is 1. The van der Waals surface area contributed by atoms with Crippen LogP contribution in [0.5, 0.6) is 5.75 Å². The number of nitrogens with zero attached hydrogens (tertiary/aromatic N) is 3. The van der Waals surface area contributed by atoms with Crippen LogP contribution in [0.25, 0.3) is 0 Å². The predicted molar refractivity (Wildman–Crippen MR) is 180 cm³/mol. The summed E-state index contributed by atoms with van der Waals surface area (Å²) < 4.78 is 89.4. The molecule has 2 atom stereocenters. The lowest BCUT2D eigenvalue weighted by Crippen LogP contribution is -2.69. The van der Waals surface area contributed by atoms with E-state index in [0.29, 0.717) is 28.9 Å². The summed E-state index contributed by atoms with van der Waals surface area (Å²) in [6.45, 7) is 1.49. The molecule has 53 heavy (non-hydrogen) atoms. The maximum absolute atomic E-state index is 14.9. The molecule has 0 aliphatic carbocycles. The molecule has 0 radical (unpaired) electrons. The highest BCUT2D eigenvalue weighted by Crippen LogP contribution is 2.44. The summed E-state index contributed by atoms with van der Waals surface area (Å²) in [5, 5.41) is 10.4. The number of likely N-dealkylation sites (tertiary alicyclic amines) is 2. The second kappa shape index (κ2) is 15.4. The van der Waals surface area contributed by atoms with Gasteiger partial charge in [0.25, 0.3) is 11.8 Å². The highest BCUT2D eigenvalue weighted by atomic mass is 32.1. The van der Waals surface area contributed by atoms with Gasteiger partial charge in [0.1, 0.15) is 16.3 Å². The zero-order valence-electron chi connectivity index (χ0n) is 28.6. The number of amides is 3. The highest BCUT2D eigenvalue weighted by molar-refractivity contribution is 7.10. The first-order chi connectivity index (χ1) is 24.9. The molecule has 5 rings (SSSR count). The summed E-state index contributed by atoms with van der Waals surface area (Å²) in [7, 11) is 0. The molecule has 17 heteroatoms. The molecule has 3 N–H and O–H groups in total. The minimum absolute atomic E-state index is 0.00881. The summed E-state index contributed by atoms with van der Waals surface area (Å²) in [6.07, 6.45) is -8.35. The second-order valence-electron chi connectivity index (χ2n) is 13.2. The van der Waals surface area contributed by atoms with Gasteiger partial charge in [-0.2, -0.15) is 26.3 Å². The minimum Gasteiger partial charge on any atom is -0.481 e. The Bertz CT molecular complexity index is 1840. The molecule has 1 unspecified atom stereocenters. The maximum Gasteiger partial charge on any atom is 0.425 e. The number of halogens is 6. The number of primary amides is 1. The van der Waals surface area contributed by atoms with Gasteiger partial charge in [0.05, 0.1) is 17.0 Å². The Morgan fingerprint density at radius 2 is 1.70 bits per heavy atom. The van der Waals surface area contributed by atoms with Crippen molar-refractivity contribution < 1.29 is 55.4 Å². The summed E-state index contributed by atoms with van der Waals surface area (Å²) in [5.74, 6) is -3.84. The molecule has 2 saturated heterocycles. The van der Waals surface area contributed by atoms with Crippen molar-refractivity contribution in [2.45, 2.75) is 87.7 Å². The third-order valence-corrected chi connectivity index (χ3v) is 11.0. The lowest BCUT2D eigenvalue weighted by Gasteiger charge is -2.51. The molecule has 2 fully saturated rings. The van der Waals surface area contributed by atoms with Crippen molar-refractivity contribution in [3.63, 3.8) is 0 Å². The number of aryl methyl sites for hydroxylation is 1. The van der Waals surface area contributed by atoms with Gasteiger partial charge in [-0.05, 0) is 55.4 Å². The van der Waals surface area contributed by atoms with Crippen LogP contribution in [0.1, 0.15) is 83.9 Å². The molecule has 10 nitrogen and oxygen atoms in total. The van der Waals surface area contributed by atoms with Gasteiger partial charge in [-0.1, -0.05) is 37.6 Å². The van der Waals surface area contributed by atoms with E-state index in [4.69, 9.17) is 10.5 Å². The Hall–Kier alpha value is -4.67. The Kier molecular flexibility index (Phi) is 11.5. The number of carboxylic acid groups (broad SMARTS) is 1. The first-order valence-corrected chi connectivity index (χ1v) is 17.9. The first-order valence-electron chi connectivity index (χ1n) is 17.0. The zero-order valence-corrected chi connectivity index (χ0v) is 29.5. The Balaban J connectivity index is 1.55. The fraction of sp³-hybridized carbons (Fsp3) is 0.472. The molecular weight excluding hydrogens is 730 g/mol. The van der Waals surface area contributed by atoms with Crippen molar-refractivity contribution in [3.8, 4) is 5.75 Å². The summed E-state index contributed by atoms with van der Waals surface area (Å²) in [4.78, 5) is 58.7. The van der Waals surface area contributed by atoms with Crippen LogP contribution >= 0.6 is 11.3 Å². The summed E-state index contributed by atoms with van der Waals surface area (Å²) in [6, 6.07) is 8.06. The first kappa shape index (κ1) is 39.5. The lowest BCUT2D eigenvalue weighted by molar-refractivity contribution is -0.161. The number of rotatable bonds is 11. The molecule has 2 aliphatic heterocycles. The molecule has 2 aromatic heterocycles. The van der Waals surface area contributed by atoms with E-state index in [2.05, 4.69) is 4.98 Å². The number of carbonyl (C=O) groups is 4. The van der Waals surface area contributed by atoms with Gasteiger partial charge < -0.3 is 25.4 Å². The highest BCUT2D eigenvalue weighted by Gasteiger charge is 2.57. The number of thiophene rings is 1. The molecular formula is C36H38F6N4O6S. The minimum atomic E-state index is -4.93. The molecule has 0 bridgehead atoms. The topological polar surface area (TPSA) is 143 Å². The van der Waals surface area contributed by atoms with Crippen LogP contribution < -0.4 is 10.5 Å². The van der Waals surface area contributed by atoms with Gasteiger partial charge in [0.15, 0.2) is 0 Å². The number of aromatic nitrogens is 1. The van der Waals surface area contributed by atoms with Gasteiger partial charge in [-0.3, -0.25) is 24.2 Å². The summed E-state index contributed by atoms with van der Waals surface area (Å²) in [5.41, 5.74) is 1.63. The Labute approximate surface area is 304 Å². The van der Waals surface area contributed by atoms with Crippen LogP contribution in [-0.2, 0) is 38.6 Å². The lowest BCUT2D eigenvalue weighted by atomic mass is 9.69. The van der Waals surface area contributed by atoms with Gasteiger partial charge in [0, 0.05) is 50.1 Å². The monoisotopic (exact) mass is 768 g/mol. The van der Waals surface area contributed by atoms with E-state index in [9.17, 15) is 50.6 Å². The number of alkyl halides is 6. The van der Waals surface area contributed by atoms with Crippen molar-refractivity contribution in [2.24, 2.45) is 5.73 Å². The molecule has 3 aromatic rings. The quantitative estimate of drug-likeness (QED) is 0.213. The van der Waals surface area contributed by atoms with Crippen molar-refractivity contribution in [2.75, 3.05) is 19.6 Å². The standard InChI is InChI=1S/C36H38F6N4O6S/c1-2-7-26-34(52-23-20-27(53-21-23)36(40,41)42,13-6-17-46(26)30(49)29-25(35(37,38)39)10-5-16-44-29)32(51)45-18-14-33(15-19-45,31(43)50)24-9-4-3-8-22(24)11-12-28(47)48/h3-5,8-10,16,20-21,26H,2,6-7,11-15,17-19H2,1H3,(H2,43,50)(H,47,48)/t26?,34-/m0/s1. The number of ether oxygens (including phenoxy) is 1. The van der Waals surface area contributed by atoms with E-state index >= 15 is 0 Å². The molecule has 1 aromatic carbocycles. The average molecular weight is 769 g/mol. The van der Waals surface area contributed by atoms with Crippen molar-refractivity contribution in [1.29, 1.82) is 0 Å². The third kappa shape index (κ3) is 7.99. The Morgan fingerprint density at radius 1 is 1.00 bits per heavy atom. The number of hydrogen-bond acceptors (Lipinski definition) is 7. The van der Waals surface area contributed by atoms with E-state index in [-0.39, 0.29) is 70.3 Å². The van der Waals surface area contributed by atoms with Gasteiger partial charge in [-0.25, -0.2) is 0 Å². The van der Waals surface area contributed by atoms with E-state index < -0.39 is 69.2 Å². The van der Waals surface area contributed by atoms with Gasteiger partial charge in [-0.15, -0.1) is 11.3 Å². The number of piperidine rings is 2. The molecule has 4 heterocycles. The fourth-order valence-corrected chi connectivity index (χ4v) is 8.21. The average Bonchev–Trinajstić information content (AvgIpc) is 3.60. The normalized spacial score (nSPS) is 20.5. The van der Waals surface area contributed by atoms with Gasteiger partial charge in [0.2, 0.25) is 11.5 Å². The molecule has 0 saturated carbocycles. The van der Waals surface area contributed by atoms with Crippen LogP contribution in [0.4, 0.5) is 26.3 Å². The SMILES string of the molecule is CCCC1N(C(=O)c2ncccc2C(F)(F)F)CCC[C@@]1(Oc1csc(C(F)(F)F)c1)C(=O)N1CCC(C(N)=O)(c2ccccc2CCC(=O)O)CC1. The zero-order chi connectivity index (χ0) is 38.8. The molecule has 0 spiro atoms. The van der Waals surface area contributed by atoms with Crippen molar-refractivity contribution in [3.05, 3.63) is 81.3 Å². The number of benzene rings is 1. The summed E-state index contributed by atoms with van der Waals surface area (Å²) >= 11 is 0.343. The third-order valence-electron chi connectivity index (χ3n) is 10.0. The Morgan fingerprint density at radius 3 is 2.30 bits per heavy atom. The number of hydrogen-bond donors (Lipinski definition) is 2. The van der Waals surface area contributed by atoms with Crippen LogP contribution in [0, 0.1) is 0 Å². The van der Waals surface area contributed by atoms with Crippen LogP contribution in [0.2, 0.25) is 0 Å². The van der Waals surface area contributed by atoms with E-state index in [1.165, 1.54) is 4.90 Å². The van der Waals surface area contributed by atoms with Crippen LogP contribution in [0.15, 0.2) is 54.0 Å². The number of carbonyl (C=O) groups excluding carboxylic acids is 3. The van der Waals surface area contributed by atoms with E-state index in [1.54, 1.807) is 31.2 Å². The van der Waals surface area contributed by atoms with Gasteiger partial charge >= 0.3 is 18.3 Å². The van der Waals surface area contributed by atoms with Crippen molar-refractivity contribution in [1.82, 2.24) is 14.8 Å². The maximum atomic E-state index is 14.9. The largest absolute Gasteiger partial charge is 0.481 e. The van der Waals surface area contributed by atoms with Crippen molar-refractivity contribution >= 4 is 35.0 Å².